The summed E-state index contributed by atoms with van der Waals surface area (Å²) < 4.78 is 1.68. The van der Waals surface area contributed by atoms with E-state index in [-0.39, 0.29) is 5.91 Å². The third-order valence-electron chi connectivity index (χ3n) is 4.19. The lowest BCUT2D eigenvalue weighted by molar-refractivity contribution is 0.102. The van der Waals surface area contributed by atoms with Gasteiger partial charge >= 0.3 is 0 Å². The van der Waals surface area contributed by atoms with Crippen LogP contribution in [0.5, 0.6) is 0 Å². The number of hydrogen-bond acceptors (Lipinski definition) is 3. The Morgan fingerprint density at radius 2 is 2.00 bits per heavy atom. The minimum atomic E-state index is -0.263. The second kappa shape index (κ2) is 6.31. The Morgan fingerprint density at radius 1 is 1.19 bits per heavy atom. The Hall–Kier alpha value is -3.12. The highest BCUT2D eigenvalue weighted by atomic mass is 35.5. The molecule has 2 N–H and O–H groups in total. The number of imidazole rings is 1. The molecule has 0 saturated heterocycles. The van der Waals surface area contributed by atoms with Gasteiger partial charge in [0.05, 0.1) is 11.0 Å². The maximum Gasteiger partial charge on any atom is 0.256 e. The van der Waals surface area contributed by atoms with E-state index in [0.29, 0.717) is 22.2 Å². The van der Waals surface area contributed by atoms with E-state index in [0.717, 1.165) is 22.3 Å². The Kier molecular flexibility index (Phi) is 3.97. The fraction of sp³-hybridized carbons (Fsp3) is 0.105. The molecule has 0 aliphatic heterocycles. The number of benzene rings is 2. The molecule has 6 nitrogen and oxygen atoms in total. The number of H-pyrrole nitrogens is 1. The zero-order chi connectivity index (χ0) is 18.3. The van der Waals surface area contributed by atoms with Gasteiger partial charge in [-0.1, -0.05) is 29.8 Å². The van der Waals surface area contributed by atoms with E-state index in [2.05, 4.69) is 20.4 Å². The lowest BCUT2D eigenvalue weighted by Gasteiger charge is -2.04. The van der Waals surface area contributed by atoms with E-state index in [1.54, 1.807) is 29.9 Å². The van der Waals surface area contributed by atoms with Crippen LogP contribution in [0.4, 0.5) is 5.82 Å². The highest BCUT2D eigenvalue weighted by Gasteiger charge is 2.14. The van der Waals surface area contributed by atoms with Gasteiger partial charge < -0.3 is 10.3 Å². The van der Waals surface area contributed by atoms with E-state index < -0.39 is 0 Å². The van der Waals surface area contributed by atoms with Crippen molar-refractivity contribution in [3.63, 3.8) is 0 Å². The van der Waals surface area contributed by atoms with Crippen LogP contribution in [0, 0.1) is 6.92 Å². The van der Waals surface area contributed by atoms with Gasteiger partial charge in [0.25, 0.3) is 5.91 Å². The number of halogens is 1. The number of carbonyl (C=O) groups is 1. The third-order valence-corrected chi connectivity index (χ3v) is 4.59. The van der Waals surface area contributed by atoms with E-state index >= 15 is 0 Å². The minimum Gasteiger partial charge on any atom is -0.337 e. The van der Waals surface area contributed by atoms with Gasteiger partial charge in [-0.25, -0.2) is 4.98 Å². The molecule has 2 aromatic carbocycles. The number of aromatic nitrogens is 4. The van der Waals surface area contributed by atoms with Crippen molar-refractivity contribution in [2.75, 3.05) is 5.32 Å². The number of anilines is 1. The third kappa shape index (κ3) is 2.95. The van der Waals surface area contributed by atoms with Crippen LogP contribution in [0.3, 0.4) is 0 Å². The number of hydrogen-bond donors (Lipinski definition) is 2. The molecule has 0 aliphatic rings. The van der Waals surface area contributed by atoms with Gasteiger partial charge in [0.1, 0.15) is 5.69 Å². The maximum atomic E-state index is 12.4. The Labute approximate surface area is 154 Å². The molecule has 7 heteroatoms. The normalized spacial score (nSPS) is 11.0. The van der Waals surface area contributed by atoms with Crippen molar-refractivity contribution in [2.45, 2.75) is 6.92 Å². The maximum absolute atomic E-state index is 12.4. The lowest BCUT2D eigenvalue weighted by atomic mass is 10.1. The summed E-state index contributed by atoms with van der Waals surface area (Å²) in [7, 11) is 1.81. The number of nitrogens with one attached hydrogen (secondary N) is 2. The van der Waals surface area contributed by atoms with Crippen molar-refractivity contribution in [1.82, 2.24) is 19.7 Å². The second-order valence-electron chi connectivity index (χ2n) is 6.06. The summed E-state index contributed by atoms with van der Waals surface area (Å²) in [5.74, 6) is 0.880. The number of para-hydroxylation sites is 2. The Bertz CT molecular complexity index is 1100. The molecule has 0 spiro atoms. The molecule has 0 fully saturated rings. The van der Waals surface area contributed by atoms with Gasteiger partial charge in [0.2, 0.25) is 0 Å². The second-order valence-corrected chi connectivity index (χ2v) is 6.47. The topological polar surface area (TPSA) is 75.6 Å². The van der Waals surface area contributed by atoms with E-state index in [4.69, 9.17) is 11.6 Å². The zero-order valence-electron chi connectivity index (χ0n) is 14.2. The van der Waals surface area contributed by atoms with Crippen LogP contribution in [0.15, 0.2) is 48.5 Å². The molecule has 26 heavy (non-hydrogen) atoms. The van der Waals surface area contributed by atoms with Crippen LogP contribution < -0.4 is 5.32 Å². The minimum absolute atomic E-state index is 0.263. The number of aromatic amines is 1. The van der Waals surface area contributed by atoms with E-state index in [9.17, 15) is 4.79 Å². The number of rotatable bonds is 3. The summed E-state index contributed by atoms with van der Waals surface area (Å²) in [6.45, 7) is 1.89. The number of aryl methyl sites for hydroxylation is 2. The number of nitrogens with zero attached hydrogens (tertiary/aromatic N) is 3. The molecule has 4 rings (SSSR count). The number of carbonyl (C=O) groups excluding carboxylic acids is 1. The van der Waals surface area contributed by atoms with Crippen molar-refractivity contribution in [2.24, 2.45) is 7.05 Å². The van der Waals surface area contributed by atoms with E-state index in [1.807, 2.05) is 37.3 Å². The SMILES string of the molecule is Cc1ccc(C(=O)Nc2cc(-c3nc4ccccc4[nH]3)n(C)n2)cc1Cl. The molecule has 0 atom stereocenters. The molecule has 130 valence electrons. The fourth-order valence-electron chi connectivity index (χ4n) is 2.75. The van der Waals surface area contributed by atoms with Crippen LogP contribution in [0.25, 0.3) is 22.6 Å². The molecule has 0 bridgehead atoms. The quantitative estimate of drug-likeness (QED) is 0.572. The van der Waals surface area contributed by atoms with Gasteiger partial charge in [-0.3, -0.25) is 9.48 Å². The van der Waals surface area contributed by atoms with Crippen molar-refractivity contribution < 1.29 is 4.79 Å². The number of fused-ring (bicyclic) bond motifs is 1. The lowest BCUT2D eigenvalue weighted by Crippen LogP contribution is -2.12. The Morgan fingerprint density at radius 3 is 2.77 bits per heavy atom. The van der Waals surface area contributed by atoms with Crippen LogP contribution in [0.2, 0.25) is 5.02 Å². The largest absolute Gasteiger partial charge is 0.337 e. The van der Waals surface area contributed by atoms with Crippen LogP contribution in [-0.2, 0) is 7.05 Å². The Balaban J connectivity index is 1.61. The molecule has 0 aliphatic carbocycles. The smallest absolute Gasteiger partial charge is 0.256 e. The highest BCUT2D eigenvalue weighted by molar-refractivity contribution is 6.31. The molecular weight excluding hydrogens is 350 g/mol. The van der Waals surface area contributed by atoms with Crippen molar-refractivity contribution >= 4 is 34.4 Å². The van der Waals surface area contributed by atoms with Crippen molar-refractivity contribution in [3.05, 3.63) is 64.7 Å². The van der Waals surface area contributed by atoms with Crippen LogP contribution >= 0.6 is 11.6 Å². The van der Waals surface area contributed by atoms with Crippen LogP contribution in [0.1, 0.15) is 15.9 Å². The molecule has 4 aromatic rings. The van der Waals surface area contributed by atoms with Gasteiger partial charge in [0, 0.05) is 23.7 Å². The first-order valence-corrected chi connectivity index (χ1v) is 8.46. The summed E-state index contributed by atoms with van der Waals surface area (Å²) in [6, 6.07) is 14.8. The highest BCUT2D eigenvalue weighted by Crippen LogP contribution is 2.23. The summed E-state index contributed by atoms with van der Waals surface area (Å²) in [6.07, 6.45) is 0. The average molecular weight is 366 g/mol. The predicted molar refractivity (Wildman–Crippen MR) is 102 cm³/mol. The molecule has 0 radical (unpaired) electrons. The standard InChI is InChI=1S/C19H16ClN5O/c1-11-7-8-12(9-13(11)20)19(26)23-17-10-16(25(2)24-17)18-21-14-5-3-4-6-15(14)22-18/h3-10H,1-2H3,(H,21,22)(H,23,24,26). The van der Waals surface area contributed by atoms with Crippen LogP contribution in [-0.4, -0.2) is 25.7 Å². The fourth-order valence-corrected chi connectivity index (χ4v) is 2.93. The molecule has 0 unspecified atom stereocenters. The van der Waals surface area contributed by atoms with Crippen molar-refractivity contribution in [3.8, 4) is 11.5 Å². The summed E-state index contributed by atoms with van der Waals surface area (Å²) in [5, 5.41) is 7.71. The van der Waals surface area contributed by atoms with Gasteiger partial charge in [0.15, 0.2) is 11.6 Å². The molecule has 2 heterocycles. The van der Waals surface area contributed by atoms with Crippen molar-refractivity contribution in [1.29, 1.82) is 0 Å². The first-order valence-electron chi connectivity index (χ1n) is 8.08. The molecule has 0 saturated carbocycles. The summed E-state index contributed by atoms with van der Waals surface area (Å²) in [5.41, 5.74) is 4.01. The average Bonchev–Trinajstić information content (AvgIpc) is 3.20. The number of amides is 1. The van der Waals surface area contributed by atoms with E-state index in [1.165, 1.54) is 0 Å². The predicted octanol–water partition coefficient (Wildman–Crippen LogP) is 4.18. The first-order chi connectivity index (χ1) is 12.5. The molecule has 1 amide bonds. The van der Waals surface area contributed by atoms with Gasteiger partial charge in [-0.05, 0) is 36.8 Å². The summed E-state index contributed by atoms with van der Waals surface area (Å²) in [4.78, 5) is 20.3. The summed E-state index contributed by atoms with van der Waals surface area (Å²) >= 11 is 6.10. The monoisotopic (exact) mass is 365 g/mol. The zero-order valence-corrected chi connectivity index (χ0v) is 15.0. The van der Waals surface area contributed by atoms with Gasteiger partial charge in [-0.15, -0.1) is 0 Å². The first kappa shape index (κ1) is 16.4. The molecule has 2 aromatic heterocycles. The van der Waals surface area contributed by atoms with Gasteiger partial charge in [-0.2, -0.15) is 5.10 Å². The molecular formula is C19H16ClN5O.